The number of nitro groups is 1. The number of amides is 2. The first-order chi connectivity index (χ1) is 13.4. The van der Waals surface area contributed by atoms with Gasteiger partial charge in [0.25, 0.3) is 11.6 Å². The maximum atomic E-state index is 12.4. The Kier molecular flexibility index (Phi) is 5.35. The van der Waals surface area contributed by atoms with Crippen LogP contribution in [0.15, 0.2) is 47.6 Å². The summed E-state index contributed by atoms with van der Waals surface area (Å²) in [5.74, 6) is -0.252. The molecule has 1 heterocycles. The number of nitrogens with zero attached hydrogens (tertiary/aromatic N) is 2. The number of carbonyl (C=O) groups excluding carboxylic acids is 2. The van der Waals surface area contributed by atoms with Crippen LogP contribution in [0.5, 0.6) is 5.75 Å². The van der Waals surface area contributed by atoms with Gasteiger partial charge < -0.3 is 10.1 Å². The summed E-state index contributed by atoms with van der Waals surface area (Å²) in [5, 5.41) is 18.1. The van der Waals surface area contributed by atoms with E-state index in [1.807, 2.05) is 6.92 Å². The molecule has 2 amide bonds. The molecule has 0 spiro atoms. The maximum Gasteiger partial charge on any atom is 0.293 e. The van der Waals surface area contributed by atoms with E-state index in [1.165, 1.54) is 19.2 Å². The second-order valence-corrected chi connectivity index (χ2v) is 6.31. The van der Waals surface area contributed by atoms with Gasteiger partial charge in [-0.1, -0.05) is 13.0 Å². The van der Waals surface area contributed by atoms with E-state index in [-0.39, 0.29) is 29.6 Å². The third-order valence-corrected chi connectivity index (χ3v) is 4.35. The fourth-order valence-corrected chi connectivity index (χ4v) is 2.89. The van der Waals surface area contributed by atoms with Crippen molar-refractivity contribution in [2.24, 2.45) is 11.0 Å². The van der Waals surface area contributed by atoms with Crippen LogP contribution in [0, 0.1) is 16.0 Å². The molecule has 0 aliphatic carbocycles. The molecule has 28 heavy (non-hydrogen) atoms. The minimum absolute atomic E-state index is 0.0719. The molecule has 0 radical (unpaired) electrons. The van der Waals surface area contributed by atoms with Gasteiger partial charge in [-0.3, -0.25) is 19.7 Å². The van der Waals surface area contributed by atoms with Gasteiger partial charge in [-0.05, 0) is 30.3 Å². The molecule has 1 aliphatic rings. The van der Waals surface area contributed by atoms with E-state index in [1.54, 1.807) is 30.3 Å². The van der Waals surface area contributed by atoms with Crippen LogP contribution in [0.2, 0.25) is 0 Å². The number of rotatable bonds is 5. The molecule has 0 saturated carbocycles. The van der Waals surface area contributed by atoms with Crippen molar-refractivity contribution in [3.63, 3.8) is 0 Å². The first-order valence-corrected chi connectivity index (χ1v) is 8.49. The summed E-state index contributed by atoms with van der Waals surface area (Å²) in [6.07, 6.45) is 0.253. The molecule has 0 aromatic heterocycles. The number of benzene rings is 2. The summed E-state index contributed by atoms with van der Waals surface area (Å²) in [7, 11) is 1.52. The van der Waals surface area contributed by atoms with Crippen LogP contribution in [0.4, 0.5) is 11.4 Å². The normalized spacial score (nSPS) is 16.0. The number of hydrogen-bond acceptors (Lipinski definition) is 6. The largest absolute Gasteiger partial charge is 0.497 e. The summed E-state index contributed by atoms with van der Waals surface area (Å²) >= 11 is 0. The Morgan fingerprint density at radius 1 is 1.29 bits per heavy atom. The van der Waals surface area contributed by atoms with Gasteiger partial charge in [-0.2, -0.15) is 5.10 Å². The van der Waals surface area contributed by atoms with Gasteiger partial charge in [-0.25, -0.2) is 5.43 Å². The second-order valence-electron chi connectivity index (χ2n) is 6.31. The van der Waals surface area contributed by atoms with Crippen molar-refractivity contribution < 1.29 is 19.2 Å². The Balaban J connectivity index is 1.88. The van der Waals surface area contributed by atoms with Crippen molar-refractivity contribution in [3.05, 3.63) is 63.7 Å². The zero-order valence-electron chi connectivity index (χ0n) is 15.3. The third-order valence-electron chi connectivity index (χ3n) is 4.35. The van der Waals surface area contributed by atoms with Crippen molar-refractivity contribution in [1.29, 1.82) is 0 Å². The molecule has 3 rings (SSSR count). The van der Waals surface area contributed by atoms with E-state index in [0.29, 0.717) is 22.6 Å². The van der Waals surface area contributed by atoms with Gasteiger partial charge in [0.2, 0.25) is 5.91 Å². The molecule has 2 aromatic carbocycles. The predicted octanol–water partition coefficient (Wildman–Crippen LogP) is 2.72. The Bertz CT molecular complexity index is 969. The summed E-state index contributed by atoms with van der Waals surface area (Å²) in [6.45, 7) is 1.82. The highest BCUT2D eigenvalue weighted by Gasteiger charge is 2.25. The summed E-state index contributed by atoms with van der Waals surface area (Å²) in [6, 6.07) is 10.8. The molecule has 9 heteroatoms. The topological polar surface area (TPSA) is 123 Å². The van der Waals surface area contributed by atoms with Crippen LogP contribution in [-0.4, -0.2) is 29.6 Å². The van der Waals surface area contributed by atoms with Gasteiger partial charge >= 0.3 is 0 Å². The molecule has 1 unspecified atom stereocenters. The minimum Gasteiger partial charge on any atom is -0.497 e. The number of nitrogens with one attached hydrogen (secondary N) is 2. The average molecular weight is 382 g/mol. The molecule has 1 atom stereocenters. The smallest absolute Gasteiger partial charge is 0.293 e. The number of carbonyl (C=O) groups is 2. The summed E-state index contributed by atoms with van der Waals surface area (Å²) in [4.78, 5) is 34.8. The van der Waals surface area contributed by atoms with Crippen LogP contribution < -0.4 is 15.5 Å². The molecule has 2 aromatic rings. The van der Waals surface area contributed by atoms with Crippen molar-refractivity contribution >= 4 is 28.9 Å². The molecule has 144 valence electrons. The highest BCUT2D eigenvalue weighted by molar-refractivity contribution is 6.08. The van der Waals surface area contributed by atoms with E-state index >= 15 is 0 Å². The lowest BCUT2D eigenvalue weighted by Gasteiger charge is -2.19. The highest BCUT2D eigenvalue weighted by atomic mass is 16.6. The SMILES string of the molecule is COc1ccc(C(=O)Nc2ccc(C3=NNC(=O)CC3C)cc2[N+](=O)[O-])cc1. The van der Waals surface area contributed by atoms with Crippen LogP contribution in [0.3, 0.4) is 0 Å². The first-order valence-electron chi connectivity index (χ1n) is 8.49. The first kappa shape index (κ1) is 19.0. The number of nitro benzene ring substituents is 1. The van der Waals surface area contributed by atoms with E-state index in [2.05, 4.69) is 15.8 Å². The van der Waals surface area contributed by atoms with Crippen molar-refractivity contribution in [2.75, 3.05) is 12.4 Å². The van der Waals surface area contributed by atoms with Crippen LogP contribution in [-0.2, 0) is 4.79 Å². The highest BCUT2D eigenvalue weighted by Crippen LogP contribution is 2.28. The van der Waals surface area contributed by atoms with Gasteiger partial charge in [0.1, 0.15) is 11.4 Å². The van der Waals surface area contributed by atoms with Gasteiger partial charge in [-0.15, -0.1) is 0 Å². The second kappa shape index (κ2) is 7.87. The number of hydrazone groups is 1. The zero-order valence-corrected chi connectivity index (χ0v) is 15.3. The predicted molar refractivity (Wildman–Crippen MR) is 103 cm³/mol. The number of methoxy groups -OCH3 is 1. The molecule has 9 nitrogen and oxygen atoms in total. The molecule has 1 aliphatic heterocycles. The molecular weight excluding hydrogens is 364 g/mol. The quantitative estimate of drug-likeness (QED) is 0.608. The van der Waals surface area contributed by atoms with Gasteiger partial charge in [0, 0.05) is 29.5 Å². The number of anilines is 1. The van der Waals surface area contributed by atoms with Crippen LogP contribution >= 0.6 is 0 Å². The lowest BCUT2D eigenvalue weighted by molar-refractivity contribution is -0.383. The van der Waals surface area contributed by atoms with Crippen molar-refractivity contribution in [1.82, 2.24) is 5.43 Å². The fraction of sp³-hybridized carbons (Fsp3) is 0.211. The van der Waals surface area contributed by atoms with Gasteiger partial charge in [0.15, 0.2) is 0 Å². The summed E-state index contributed by atoms with van der Waals surface area (Å²) in [5.41, 5.74) is 3.61. The Morgan fingerprint density at radius 2 is 2.00 bits per heavy atom. The molecular formula is C19H18N4O5. The third kappa shape index (κ3) is 3.98. The molecule has 2 N–H and O–H groups in total. The summed E-state index contributed by atoms with van der Waals surface area (Å²) < 4.78 is 5.05. The van der Waals surface area contributed by atoms with Crippen molar-refractivity contribution in [3.8, 4) is 5.75 Å². The van der Waals surface area contributed by atoms with E-state index in [9.17, 15) is 19.7 Å². The zero-order chi connectivity index (χ0) is 20.3. The van der Waals surface area contributed by atoms with Gasteiger partial charge in [0.05, 0.1) is 17.7 Å². The van der Waals surface area contributed by atoms with Crippen molar-refractivity contribution in [2.45, 2.75) is 13.3 Å². The lowest BCUT2D eigenvalue weighted by atomic mass is 9.93. The monoisotopic (exact) mass is 382 g/mol. The molecule has 0 fully saturated rings. The van der Waals surface area contributed by atoms with E-state index in [4.69, 9.17) is 4.74 Å². The molecule has 0 saturated heterocycles. The Hall–Kier alpha value is -3.75. The fourth-order valence-electron chi connectivity index (χ4n) is 2.89. The lowest BCUT2D eigenvalue weighted by Crippen LogP contribution is -2.32. The Morgan fingerprint density at radius 3 is 2.61 bits per heavy atom. The average Bonchev–Trinajstić information content (AvgIpc) is 2.68. The maximum absolute atomic E-state index is 12.4. The van der Waals surface area contributed by atoms with Crippen LogP contribution in [0.1, 0.15) is 29.3 Å². The van der Waals surface area contributed by atoms with Crippen LogP contribution in [0.25, 0.3) is 0 Å². The standard InChI is InChI=1S/C19H18N4O5/c1-11-9-17(24)21-22-18(11)13-5-8-15(16(10-13)23(26)27)20-19(25)12-3-6-14(28-2)7-4-12/h3-8,10-11H,9H2,1-2H3,(H,20,25)(H,21,24). The Labute approximate surface area is 160 Å². The number of hydrogen-bond donors (Lipinski definition) is 2. The molecule has 0 bridgehead atoms. The minimum atomic E-state index is -0.570. The van der Waals surface area contributed by atoms with E-state index in [0.717, 1.165) is 0 Å². The van der Waals surface area contributed by atoms with E-state index < -0.39 is 10.8 Å². The number of ether oxygens (including phenoxy) is 1.